The molecule has 0 bridgehead atoms. The summed E-state index contributed by atoms with van der Waals surface area (Å²) in [5.74, 6) is 0.271. The van der Waals surface area contributed by atoms with Crippen LogP contribution < -0.4 is 10.5 Å². The van der Waals surface area contributed by atoms with Crippen molar-refractivity contribution in [1.82, 2.24) is 4.98 Å². The van der Waals surface area contributed by atoms with E-state index < -0.39 is 0 Å². The molecular formula is C16H18N2O3S. The van der Waals surface area contributed by atoms with Crippen LogP contribution in [0.4, 0.5) is 0 Å². The minimum atomic E-state index is -0.384. The van der Waals surface area contributed by atoms with Gasteiger partial charge in [0.05, 0.1) is 12.7 Å². The van der Waals surface area contributed by atoms with Gasteiger partial charge in [0.1, 0.15) is 16.9 Å². The number of hydrogen-bond donors (Lipinski definition) is 1. The fraction of sp³-hybridized carbons (Fsp3) is 0.375. The predicted octanol–water partition coefficient (Wildman–Crippen LogP) is 2.77. The first kappa shape index (κ1) is 15.0. The Kier molecular flexibility index (Phi) is 4.13. The summed E-state index contributed by atoms with van der Waals surface area (Å²) in [6.45, 7) is 2.00. The Balaban J connectivity index is 1.92. The van der Waals surface area contributed by atoms with Gasteiger partial charge in [0, 0.05) is 22.7 Å². The van der Waals surface area contributed by atoms with Gasteiger partial charge in [0.15, 0.2) is 0 Å². The third kappa shape index (κ3) is 3.13. The smallest absolute Gasteiger partial charge is 0.338 e. The number of aromatic nitrogens is 1. The fourth-order valence-corrected chi connectivity index (χ4v) is 3.16. The van der Waals surface area contributed by atoms with E-state index in [0.717, 1.165) is 28.3 Å². The second kappa shape index (κ2) is 6.06. The van der Waals surface area contributed by atoms with Gasteiger partial charge >= 0.3 is 5.97 Å². The summed E-state index contributed by atoms with van der Waals surface area (Å²) in [6.07, 6.45) is 3.62. The first-order valence-electron chi connectivity index (χ1n) is 7.13. The maximum atomic E-state index is 11.9. The van der Waals surface area contributed by atoms with E-state index in [9.17, 15) is 4.79 Å². The molecule has 2 aromatic rings. The highest BCUT2D eigenvalue weighted by Crippen LogP contribution is 2.32. The van der Waals surface area contributed by atoms with E-state index in [1.165, 1.54) is 7.11 Å². The molecule has 0 amide bonds. The zero-order valence-corrected chi connectivity index (χ0v) is 13.4. The van der Waals surface area contributed by atoms with Crippen LogP contribution in [-0.4, -0.2) is 30.2 Å². The van der Waals surface area contributed by atoms with E-state index in [1.807, 2.05) is 19.2 Å². The summed E-state index contributed by atoms with van der Waals surface area (Å²) in [4.78, 5) is 17.3. The molecule has 22 heavy (non-hydrogen) atoms. The Labute approximate surface area is 133 Å². The molecule has 0 saturated heterocycles. The number of carbonyl (C=O) groups excluding carboxylic acids is 1. The predicted molar refractivity (Wildman–Crippen MR) is 85.3 cm³/mol. The molecule has 1 aromatic carbocycles. The van der Waals surface area contributed by atoms with Crippen LogP contribution in [0.2, 0.25) is 0 Å². The second-order valence-electron chi connectivity index (χ2n) is 5.49. The van der Waals surface area contributed by atoms with Gasteiger partial charge in [0.2, 0.25) is 0 Å². The molecule has 1 aromatic heterocycles. The third-order valence-electron chi connectivity index (χ3n) is 3.63. The monoisotopic (exact) mass is 318 g/mol. The second-order valence-corrected chi connectivity index (χ2v) is 6.72. The molecule has 0 unspecified atom stereocenters. The maximum Gasteiger partial charge on any atom is 0.338 e. The molecule has 2 N–H and O–H groups in total. The first-order valence-corrected chi connectivity index (χ1v) is 7.95. The quantitative estimate of drug-likeness (QED) is 0.877. The van der Waals surface area contributed by atoms with Crippen molar-refractivity contribution in [2.75, 3.05) is 7.11 Å². The van der Waals surface area contributed by atoms with Crippen molar-refractivity contribution in [3.05, 3.63) is 34.8 Å². The highest BCUT2D eigenvalue weighted by Gasteiger charge is 2.28. The molecule has 1 aliphatic carbocycles. The van der Waals surface area contributed by atoms with Crippen molar-refractivity contribution >= 4 is 17.3 Å². The van der Waals surface area contributed by atoms with Crippen LogP contribution in [0.25, 0.3) is 10.6 Å². The van der Waals surface area contributed by atoms with Gasteiger partial charge in [-0.05, 0) is 38.0 Å². The number of nitrogens with zero attached hydrogens (tertiary/aromatic N) is 1. The van der Waals surface area contributed by atoms with Crippen LogP contribution in [0.5, 0.6) is 5.75 Å². The summed E-state index contributed by atoms with van der Waals surface area (Å²) in [7, 11) is 1.37. The Bertz CT molecular complexity index is 692. The lowest BCUT2D eigenvalue weighted by Gasteiger charge is -2.32. The zero-order valence-electron chi connectivity index (χ0n) is 12.5. The number of ether oxygens (including phenoxy) is 2. The van der Waals surface area contributed by atoms with Crippen molar-refractivity contribution in [3.63, 3.8) is 0 Å². The molecule has 0 radical (unpaired) electrons. The molecule has 1 saturated carbocycles. The summed E-state index contributed by atoms with van der Waals surface area (Å²) >= 11 is 1.58. The number of esters is 1. The molecule has 0 spiro atoms. The van der Waals surface area contributed by atoms with Crippen molar-refractivity contribution in [3.8, 4) is 16.3 Å². The molecule has 0 atom stereocenters. The molecule has 0 aliphatic heterocycles. The maximum absolute atomic E-state index is 11.9. The summed E-state index contributed by atoms with van der Waals surface area (Å²) < 4.78 is 10.7. The minimum Gasteiger partial charge on any atom is -0.490 e. The molecule has 1 fully saturated rings. The third-order valence-corrected chi connectivity index (χ3v) is 4.59. The molecule has 1 heterocycles. The first-order chi connectivity index (χ1) is 10.5. The van der Waals surface area contributed by atoms with E-state index >= 15 is 0 Å². The molecule has 116 valence electrons. The number of carbonyl (C=O) groups is 1. The fourth-order valence-electron chi connectivity index (χ4n) is 2.41. The van der Waals surface area contributed by atoms with E-state index in [2.05, 4.69) is 4.98 Å². The Hall–Kier alpha value is -1.92. The number of nitrogens with two attached hydrogens (primary N) is 1. The van der Waals surface area contributed by atoms with Crippen LogP contribution >= 0.6 is 11.3 Å². The molecule has 1 aliphatic rings. The molecule has 6 heteroatoms. The van der Waals surface area contributed by atoms with Crippen LogP contribution in [0.15, 0.2) is 24.4 Å². The summed E-state index contributed by atoms with van der Waals surface area (Å²) in [5, 5.41) is 0.860. The van der Waals surface area contributed by atoms with Crippen molar-refractivity contribution in [1.29, 1.82) is 0 Å². The summed E-state index contributed by atoms with van der Waals surface area (Å²) in [6, 6.07) is 5.62. The standard InChI is InChI=1S/C16H18N2O3S/c1-9-8-18-15(22-9)10-3-11(16(19)20-2)5-13(4-10)21-14-6-12(17)7-14/h3-5,8,12,14H,6-7,17H2,1-2H3/t12-,14-. The van der Waals surface area contributed by atoms with Gasteiger partial charge in [0.25, 0.3) is 0 Å². The largest absolute Gasteiger partial charge is 0.490 e. The van der Waals surface area contributed by atoms with Gasteiger partial charge in [-0.2, -0.15) is 0 Å². The Morgan fingerprint density at radius 2 is 2.14 bits per heavy atom. The Morgan fingerprint density at radius 1 is 1.36 bits per heavy atom. The minimum absolute atomic E-state index is 0.119. The molecule has 5 nitrogen and oxygen atoms in total. The van der Waals surface area contributed by atoms with E-state index in [1.54, 1.807) is 23.5 Å². The highest BCUT2D eigenvalue weighted by molar-refractivity contribution is 7.14. The van der Waals surface area contributed by atoms with Crippen LogP contribution in [0.3, 0.4) is 0 Å². The molecule has 3 rings (SSSR count). The number of benzene rings is 1. The number of aryl methyl sites for hydroxylation is 1. The van der Waals surface area contributed by atoms with Gasteiger partial charge in [-0.15, -0.1) is 11.3 Å². The van der Waals surface area contributed by atoms with Crippen molar-refractivity contribution < 1.29 is 14.3 Å². The van der Waals surface area contributed by atoms with E-state index in [-0.39, 0.29) is 18.1 Å². The van der Waals surface area contributed by atoms with E-state index in [4.69, 9.17) is 15.2 Å². The normalized spacial score (nSPS) is 20.3. The van der Waals surface area contributed by atoms with Crippen LogP contribution in [-0.2, 0) is 4.74 Å². The number of rotatable bonds is 4. The van der Waals surface area contributed by atoms with Gasteiger partial charge in [-0.1, -0.05) is 0 Å². The summed E-state index contributed by atoms with van der Waals surface area (Å²) in [5.41, 5.74) is 7.11. The van der Waals surface area contributed by atoms with Gasteiger partial charge in [-0.3, -0.25) is 0 Å². The average molecular weight is 318 g/mol. The van der Waals surface area contributed by atoms with Crippen molar-refractivity contribution in [2.45, 2.75) is 31.9 Å². The van der Waals surface area contributed by atoms with Gasteiger partial charge in [-0.25, -0.2) is 9.78 Å². The van der Waals surface area contributed by atoms with Crippen LogP contribution in [0.1, 0.15) is 28.1 Å². The number of hydrogen-bond acceptors (Lipinski definition) is 6. The zero-order chi connectivity index (χ0) is 15.7. The lowest BCUT2D eigenvalue weighted by molar-refractivity contribution is 0.0598. The van der Waals surface area contributed by atoms with Crippen molar-refractivity contribution in [2.24, 2.45) is 5.73 Å². The molecular weight excluding hydrogens is 300 g/mol. The number of methoxy groups -OCH3 is 1. The lowest BCUT2D eigenvalue weighted by atomic mass is 9.90. The Morgan fingerprint density at radius 3 is 2.73 bits per heavy atom. The SMILES string of the molecule is COC(=O)c1cc(O[C@H]2C[C@H](N)C2)cc(-c2ncc(C)s2)c1. The number of thiazole rings is 1. The van der Waals surface area contributed by atoms with Gasteiger partial charge < -0.3 is 15.2 Å². The topological polar surface area (TPSA) is 74.4 Å². The highest BCUT2D eigenvalue weighted by atomic mass is 32.1. The van der Waals surface area contributed by atoms with E-state index in [0.29, 0.717) is 11.3 Å². The average Bonchev–Trinajstić information content (AvgIpc) is 2.91. The van der Waals surface area contributed by atoms with Crippen LogP contribution in [0, 0.1) is 6.92 Å². The lowest BCUT2D eigenvalue weighted by Crippen LogP contribution is -2.43.